The summed E-state index contributed by atoms with van der Waals surface area (Å²) in [5.74, 6) is -1.88. The first-order valence-corrected chi connectivity index (χ1v) is 14.2. The summed E-state index contributed by atoms with van der Waals surface area (Å²) in [6.45, 7) is 1.27. The Labute approximate surface area is 264 Å². The van der Waals surface area contributed by atoms with Crippen LogP contribution in [0, 0.1) is 0 Å². The van der Waals surface area contributed by atoms with Gasteiger partial charge in [0.2, 0.25) is 5.91 Å². The first-order chi connectivity index (χ1) is 21.8. The summed E-state index contributed by atoms with van der Waals surface area (Å²) < 4.78 is 44.7. The van der Waals surface area contributed by atoms with Crippen molar-refractivity contribution in [2.45, 2.75) is 25.6 Å². The number of hydrogen-bond donors (Lipinski definition) is 2. The Bertz CT molecular complexity index is 1720. The van der Waals surface area contributed by atoms with Gasteiger partial charge in [0.15, 0.2) is 0 Å². The standard InChI is InChI=1S/C35H32F3N3O5/c1-22(42)39-31(25-9-5-4-6-10-25)21-46-32(43)20-23-13-18-30(29(19-23)34(45)41(2)3)40-33(44)28-12-8-7-11-27(28)24-14-16-26(17-15-24)35(36,37)38/h4-19,31H,20-21H2,1-3H3,(H,39,42)(H,40,44). The molecule has 0 spiro atoms. The Kier molecular flexibility index (Phi) is 10.6. The third-order valence-corrected chi connectivity index (χ3v) is 7.00. The summed E-state index contributed by atoms with van der Waals surface area (Å²) in [5.41, 5.74) is 1.71. The smallest absolute Gasteiger partial charge is 0.416 e. The maximum absolute atomic E-state index is 13.5. The van der Waals surface area contributed by atoms with Crippen LogP contribution in [-0.2, 0) is 26.9 Å². The van der Waals surface area contributed by atoms with Gasteiger partial charge in [-0.2, -0.15) is 13.2 Å². The van der Waals surface area contributed by atoms with Crippen molar-refractivity contribution in [2.75, 3.05) is 26.0 Å². The van der Waals surface area contributed by atoms with Gasteiger partial charge in [0.1, 0.15) is 6.61 Å². The third kappa shape index (κ3) is 8.59. The van der Waals surface area contributed by atoms with E-state index in [0.29, 0.717) is 16.7 Å². The van der Waals surface area contributed by atoms with Gasteiger partial charge in [-0.25, -0.2) is 0 Å². The number of esters is 1. The molecule has 1 atom stereocenters. The summed E-state index contributed by atoms with van der Waals surface area (Å²) >= 11 is 0. The Morgan fingerprint density at radius 3 is 2.11 bits per heavy atom. The van der Waals surface area contributed by atoms with Crippen LogP contribution in [0.2, 0.25) is 0 Å². The molecule has 0 aliphatic heterocycles. The number of alkyl halides is 3. The second-order valence-electron chi connectivity index (χ2n) is 10.7. The number of hydrogen-bond acceptors (Lipinski definition) is 5. The van der Waals surface area contributed by atoms with E-state index in [1.165, 1.54) is 42.2 Å². The van der Waals surface area contributed by atoms with Crippen LogP contribution >= 0.6 is 0 Å². The van der Waals surface area contributed by atoms with E-state index < -0.39 is 35.6 Å². The van der Waals surface area contributed by atoms with E-state index in [1.807, 2.05) is 30.3 Å². The second-order valence-corrected chi connectivity index (χ2v) is 10.7. The van der Waals surface area contributed by atoms with Crippen molar-refractivity contribution in [3.05, 3.63) is 125 Å². The van der Waals surface area contributed by atoms with Crippen LogP contribution < -0.4 is 10.6 Å². The predicted molar refractivity (Wildman–Crippen MR) is 167 cm³/mol. The molecule has 4 aromatic rings. The first kappa shape index (κ1) is 33.4. The van der Waals surface area contributed by atoms with Gasteiger partial charge in [-0.15, -0.1) is 0 Å². The van der Waals surface area contributed by atoms with E-state index in [9.17, 15) is 32.3 Å². The zero-order chi connectivity index (χ0) is 33.4. The van der Waals surface area contributed by atoms with Crippen molar-refractivity contribution < 1.29 is 37.1 Å². The van der Waals surface area contributed by atoms with Crippen LogP contribution in [0.4, 0.5) is 18.9 Å². The Morgan fingerprint density at radius 2 is 1.48 bits per heavy atom. The normalized spacial score (nSPS) is 11.7. The molecule has 0 radical (unpaired) electrons. The van der Waals surface area contributed by atoms with Gasteiger partial charge in [0.25, 0.3) is 11.8 Å². The Hall–Kier alpha value is -5.45. The molecular formula is C35H32F3N3O5. The number of amides is 3. The largest absolute Gasteiger partial charge is 0.463 e. The number of nitrogens with zero attached hydrogens (tertiary/aromatic N) is 1. The maximum Gasteiger partial charge on any atom is 0.416 e. The fraction of sp³-hybridized carbons (Fsp3) is 0.200. The molecule has 238 valence electrons. The molecule has 46 heavy (non-hydrogen) atoms. The summed E-state index contributed by atoms with van der Waals surface area (Å²) in [5, 5.41) is 5.50. The summed E-state index contributed by atoms with van der Waals surface area (Å²) in [4.78, 5) is 52.4. The van der Waals surface area contributed by atoms with Crippen molar-refractivity contribution in [3.63, 3.8) is 0 Å². The summed E-state index contributed by atoms with van der Waals surface area (Å²) in [6.07, 6.45) is -4.68. The van der Waals surface area contributed by atoms with Crippen molar-refractivity contribution in [1.29, 1.82) is 0 Å². The number of nitrogens with one attached hydrogen (secondary N) is 2. The van der Waals surface area contributed by atoms with Crippen molar-refractivity contribution in [2.24, 2.45) is 0 Å². The maximum atomic E-state index is 13.5. The van der Waals surface area contributed by atoms with E-state index >= 15 is 0 Å². The number of anilines is 1. The van der Waals surface area contributed by atoms with Crippen LogP contribution in [0.15, 0.2) is 97.1 Å². The molecule has 3 amide bonds. The molecule has 0 aliphatic rings. The van der Waals surface area contributed by atoms with Gasteiger partial charge in [0, 0.05) is 26.6 Å². The van der Waals surface area contributed by atoms with Crippen LogP contribution in [0.1, 0.15) is 50.4 Å². The molecule has 2 N–H and O–H groups in total. The average molecular weight is 632 g/mol. The number of carbonyl (C=O) groups excluding carboxylic acids is 4. The van der Waals surface area contributed by atoms with E-state index in [1.54, 1.807) is 38.4 Å². The molecule has 1 unspecified atom stereocenters. The minimum absolute atomic E-state index is 0.0988. The lowest BCUT2D eigenvalue weighted by atomic mass is 9.97. The van der Waals surface area contributed by atoms with E-state index in [-0.39, 0.29) is 35.7 Å². The molecule has 0 saturated carbocycles. The van der Waals surface area contributed by atoms with Gasteiger partial charge >= 0.3 is 12.1 Å². The molecule has 0 fully saturated rings. The van der Waals surface area contributed by atoms with Gasteiger partial charge in [-0.05, 0) is 52.6 Å². The fourth-order valence-corrected chi connectivity index (χ4v) is 4.74. The highest BCUT2D eigenvalue weighted by molar-refractivity contribution is 6.11. The van der Waals surface area contributed by atoms with Crippen LogP contribution in [0.25, 0.3) is 11.1 Å². The quantitative estimate of drug-likeness (QED) is 0.200. The first-order valence-electron chi connectivity index (χ1n) is 14.2. The third-order valence-electron chi connectivity index (χ3n) is 7.00. The molecule has 0 bridgehead atoms. The van der Waals surface area contributed by atoms with E-state index in [4.69, 9.17) is 4.74 Å². The van der Waals surface area contributed by atoms with Gasteiger partial charge in [0.05, 0.1) is 29.3 Å². The fourth-order valence-electron chi connectivity index (χ4n) is 4.74. The number of halogens is 3. The monoisotopic (exact) mass is 631 g/mol. The molecule has 11 heteroatoms. The highest BCUT2D eigenvalue weighted by Gasteiger charge is 2.30. The summed E-state index contributed by atoms with van der Waals surface area (Å²) in [6, 6.07) is 24.0. The Morgan fingerprint density at radius 1 is 0.826 bits per heavy atom. The van der Waals surface area contributed by atoms with Gasteiger partial charge in [-0.3, -0.25) is 19.2 Å². The lowest BCUT2D eigenvalue weighted by molar-refractivity contribution is -0.144. The van der Waals surface area contributed by atoms with Crippen molar-refractivity contribution >= 4 is 29.4 Å². The highest BCUT2D eigenvalue weighted by Crippen LogP contribution is 2.32. The highest BCUT2D eigenvalue weighted by atomic mass is 19.4. The molecule has 0 heterocycles. The van der Waals surface area contributed by atoms with Gasteiger partial charge in [-0.1, -0.05) is 66.7 Å². The van der Waals surface area contributed by atoms with E-state index in [2.05, 4.69) is 10.6 Å². The van der Waals surface area contributed by atoms with Crippen LogP contribution in [0.3, 0.4) is 0 Å². The van der Waals surface area contributed by atoms with Gasteiger partial charge < -0.3 is 20.3 Å². The molecular weight excluding hydrogens is 599 g/mol. The molecule has 0 aliphatic carbocycles. The second kappa shape index (κ2) is 14.6. The van der Waals surface area contributed by atoms with Crippen LogP contribution in [-0.4, -0.2) is 49.3 Å². The average Bonchev–Trinajstić information content (AvgIpc) is 3.03. The molecule has 4 rings (SSSR count). The molecule has 0 aromatic heterocycles. The Balaban J connectivity index is 1.53. The van der Waals surface area contributed by atoms with E-state index in [0.717, 1.165) is 17.7 Å². The SMILES string of the molecule is CC(=O)NC(COC(=O)Cc1ccc(NC(=O)c2ccccc2-c2ccc(C(F)(F)F)cc2)c(C(=O)N(C)C)c1)c1ccccc1. The van der Waals surface area contributed by atoms with Crippen molar-refractivity contribution in [1.82, 2.24) is 10.2 Å². The number of ether oxygens (including phenoxy) is 1. The number of carbonyl (C=O) groups is 4. The van der Waals surface area contributed by atoms with Crippen LogP contribution in [0.5, 0.6) is 0 Å². The number of benzene rings is 4. The zero-order valence-electron chi connectivity index (χ0n) is 25.4. The minimum atomic E-state index is -4.50. The minimum Gasteiger partial charge on any atom is -0.463 e. The molecule has 4 aromatic carbocycles. The lowest BCUT2D eigenvalue weighted by Crippen LogP contribution is -2.30. The lowest BCUT2D eigenvalue weighted by Gasteiger charge is -2.19. The molecule has 0 saturated heterocycles. The number of rotatable bonds is 10. The predicted octanol–water partition coefficient (Wildman–Crippen LogP) is 6.29. The summed E-state index contributed by atoms with van der Waals surface area (Å²) in [7, 11) is 3.08. The zero-order valence-corrected chi connectivity index (χ0v) is 25.4. The molecule has 8 nitrogen and oxygen atoms in total. The van der Waals surface area contributed by atoms with Crippen molar-refractivity contribution in [3.8, 4) is 11.1 Å². The topological polar surface area (TPSA) is 105 Å².